The average Bonchev–Trinajstić information content (AvgIpc) is 2.16. The standard InChI is InChI=1S/C9H13NO4/c1-6(11)10-4-2-7(3-5-10)8(12)9(13)14/h7H,2-5H2,1H3,(H,13,14). The second-order valence-electron chi connectivity index (χ2n) is 3.45. The number of aliphatic carboxylic acids is 1. The highest BCUT2D eigenvalue weighted by atomic mass is 16.4. The molecule has 0 bridgehead atoms. The van der Waals surface area contributed by atoms with Gasteiger partial charge in [0, 0.05) is 25.9 Å². The lowest BCUT2D eigenvalue weighted by molar-refractivity contribution is -0.152. The first-order valence-corrected chi connectivity index (χ1v) is 4.55. The molecule has 5 nitrogen and oxygen atoms in total. The molecule has 0 aromatic rings. The van der Waals surface area contributed by atoms with Gasteiger partial charge < -0.3 is 10.0 Å². The zero-order valence-corrected chi connectivity index (χ0v) is 8.02. The average molecular weight is 199 g/mol. The molecule has 1 amide bonds. The fraction of sp³-hybridized carbons (Fsp3) is 0.667. The highest BCUT2D eigenvalue weighted by molar-refractivity contribution is 6.33. The van der Waals surface area contributed by atoms with Gasteiger partial charge in [0.05, 0.1) is 0 Å². The van der Waals surface area contributed by atoms with E-state index in [2.05, 4.69) is 0 Å². The van der Waals surface area contributed by atoms with Gasteiger partial charge in [0.15, 0.2) is 0 Å². The minimum absolute atomic E-state index is 0.0220. The molecule has 0 aliphatic carbocycles. The Morgan fingerprint density at radius 2 is 1.71 bits per heavy atom. The van der Waals surface area contributed by atoms with Gasteiger partial charge in [0.1, 0.15) is 0 Å². The highest BCUT2D eigenvalue weighted by Gasteiger charge is 2.29. The summed E-state index contributed by atoms with van der Waals surface area (Å²) in [6.07, 6.45) is 0.926. The van der Waals surface area contributed by atoms with Crippen LogP contribution in [0.5, 0.6) is 0 Å². The molecule has 0 saturated carbocycles. The number of likely N-dealkylation sites (tertiary alicyclic amines) is 1. The van der Waals surface area contributed by atoms with Crippen molar-refractivity contribution in [3.8, 4) is 0 Å². The summed E-state index contributed by atoms with van der Waals surface area (Å²) in [7, 11) is 0. The molecule has 14 heavy (non-hydrogen) atoms. The van der Waals surface area contributed by atoms with Gasteiger partial charge in [-0.05, 0) is 12.8 Å². The monoisotopic (exact) mass is 199 g/mol. The van der Waals surface area contributed by atoms with E-state index >= 15 is 0 Å². The molecular formula is C9H13NO4. The SMILES string of the molecule is CC(=O)N1CCC(C(=O)C(=O)O)CC1. The quantitative estimate of drug-likeness (QED) is 0.630. The zero-order valence-electron chi connectivity index (χ0n) is 8.02. The molecule has 0 atom stereocenters. The van der Waals surface area contributed by atoms with Crippen molar-refractivity contribution in [2.24, 2.45) is 5.92 Å². The van der Waals surface area contributed by atoms with E-state index in [1.165, 1.54) is 6.92 Å². The summed E-state index contributed by atoms with van der Waals surface area (Å²) in [4.78, 5) is 34.0. The highest BCUT2D eigenvalue weighted by Crippen LogP contribution is 2.18. The molecule has 0 radical (unpaired) electrons. The molecule has 1 heterocycles. The number of carbonyl (C=O) groups is 3. The number of rotatable bonds is 2. The third-order valence-electron chi connectivity index (χ3n) is 2.52. The Hall–Kier alpha value is -1.39. The first-order valence-electron chi connectivity index (χ1n) is 4.55. The summed E-state index contributed by atoms with van der Waals surface area (Å²) < 4.78 is 0. The van der Waals surface area contributed by atoms with Crippen LogP contribution >= 0.6 is 0 Å². The first kappa shape index (κ1) is 10.7. The van der Waals surface area contributed by atoms with Crippen LogP contribution in [-0.2, 0) is 14.4 Å². The molecule has 1 N–H and O–H groups in total. The van der Waals surface area contributed by atoms with Crippen LogP contribution in [0.1, 0.15) is 19.8 Å². The Bertz CT molecular complexity index is 266. The minimum atomic E-state index is -1.37. The number of Topliss-reactive ketones (excluding diaryl/α,β-unsaturated/α-hetero) is 1. The van der Waals surface area contributed by atoms with Crippen LogP contribution in [0.15, 0.2) is 0 Å². The fourth-order valence-corrected chi connectivity index (χ4v) is 1.63. The van der Waals surface area contributed by atoms with Gasteiger partial charge in [-0.25, -0.2) is 4.79 Å². The van der Waals surface area contributed by atoms with E-state index in [1.807, 2.05) is 0 Å². The van der Waals surface area contributed by atoms with Crippen LogP contribution < -0.4 is 0 Å². The maximum atomic E-state index is 11.1. The smallest absolute Gasteiger partial charge is 0.372 e. The lowest BCUT2D eigenvalue weighted by Crippen LogP contribution is -2.40. The normalized spacial score (nSPS) is 17.9. The molecule has 0 aromatic heterocycles. The number of hydrogen-bond acceptors (Lipinski definition) is 3. The molecule has 1 aliphatic heterocycles. The predicted octanol–water partition coefficient (Wildman–Crippen LogP) is -0.101. The van der Waals surface area contributed by atoms with Gasteiger partial charge >= 0.3 is 5.97 Å². The third-order valence-corrected chi connectivity index (χ3v) is 2.52. The van der Waals surface area contributed by atoms with Crippen LogP contribution in [0.25, 0.3) is 0 Å². The molecule has 0 spiro atoms. The zero-order chi connectivity index (χ0) is 10.7. The van der Waals surface area contributed by atoms with Crippen LogP contribution in [0.3, 0.4) is 0 Å². The number of carbonyl (C=O) groups excluding carboxylic acids is 2. The van der Waals surface area contributed by atoms with Gasteiger partial charge in [-0.3, -0.25) is 9.59 Å². The number of hydrogen-bond donors (Lipinski definition) is 1. The number of carboxylic acids is 1. The number of ketones is 1. The number of amides is 1. The van der Waals surface area contributed by atoms with Crippen LogP contribution in [0.2, 0.25) is 0 Å². The predicted molar refractivity (Wildman–Crippen MR) is 47.6 cm³/mol. The number of nitrogens with zero attached hydrogens (tertiary/aromatic N) is 1. The van der Waals surface area contributed by atoms with E-state index in [1.54, 1.807) is 4.90 Å². The van der Waals surface area contributed by atoms with Crippen molar-refractivity contribution >= 4 is 17.7 Å². The molecular weight excluding hydrogens is 186 g/mol. The Balaban J connectivity index is 2.47. The van der Waals surface area contributed by atoms with Crippen molar-refractivity contribution < 1.29 is 19.5 Å². The summed E-state index contributed by atoms with van der Waals surface area (Å²) in [6.45, 7) is 2.44. The van der Waals surface area contributed by atoms with Crippen molar-refractivity contribution in [3.05, 3.63) is 0 Å². The molecule has 1 saturated heterocycles. The van der Waals surface area contributed by atoms with Crippen molar-refractivity contribution in [2.45, 2.75) is 19.8 Å². The molecule has 1 rings (SSSR count). The van der Waals surface area contributed by atoms with Crippen LogP contribution in [-0.4, -0.2) is 40.8 Å². The van der Waals surface area contributed by atoms with E-state index < -0.39 is 17.7 Å². The van der Waals surface area contributed by atoms with Gasteiger partial charge in [0.25, 0.3) is 0 Å². The summed E-state index contributed by atoms with van der Waals surface area (Å²) in [6, 6.07) is 0. The van der Waals surface area contributed by atoms with Gasteiger partial charge in [-0.15, -0.1) is 0 Å². The van der Waals surface area contributed by atoms with Crippen molar-refractivity contribution in [2.75, 3.05) is 13.1 Å². The first-order chi connectivity index (χ1) is 6.52. The fourth-order valence-electron chi connectivity index (χ4n) is 1.63. The lowest BCUT2D eigenvalue weighted by Gasteiger charge is -2.29. The Morgan fingerprint density at radius 3 is 2.07 bits per heavy atom. The van der Waals surface area contributed by atoms with Gasteiger partial charge in [-0.1, -0.05) is 0 Å². The van der Waals surface area contributed by atoms with Crippen molar-refractivity contribution in [1.82, 2.24) is 4.90 Å². The summed E-state index contributed by atoms with van der Waals surface area (Å²) in [5, 5.41) is 8.48. The maximum Gasteiger partial charge on any atom is 0.372 e. The summed E-state index contributed by atoms with van der Waals surface area (Å²) in [5.41, 5.74) is 0. The van der Waals surface area contributed by atoms with E-state index in [0.29, 0.717) is 25.9 Å². The molecule has 1 fully saturated rings. The van der Waals surface area contributed by atoms with Gasteiger partial charge in [0.2, 0.25) is 11.7 Å². The molecule has 1 aliphatic rings. The lowest BCUT2D eigenvalue weighted by atomic mass is 9.92. The van der Waals surface area contributed by atoms with E-state index in [4.69, 9.17) is 5.11 Å². The maximum absolute atomic E-state index is 11.1. The van der Waals surface area contributed by atoms with E-state index in [9.17, 15) is 14.4 Å². The third kappa shape index (κ3) is 2.31. The number of carboxylic acid groups (broad SMARTS) is 1. The topological polar surface area (TPSA) is 74.7 Å². The van der Waals surface area contributed by atoms with E-state index in [0.717, 1.165) is 0 Å². The molecule has 0 aromatic carbocycles. The molecule has 78 valence electrons. The van der Waals surface area contributed by atoms with Crippen LogP contribution in [0, 0.1) is 5.92 Å². The summed E-state index contributed by atoms with van der Waals surface area (Å²) in [5.74, 6) is -2.53. The largest absolute Gasteiger partial charge is 0.475 e. The van der Waals surface area contributed by atoms with Crippen LogP contribution in [0.4, 0.5) is 0 Å². The molecule has 5 heteroatoms. The second-order valence-corrected chi connectivity index (χ2v) is 3.45. The second kappa shape index (κ2) is 4.21. The Labute approximate surface area is 81.7 Å². The minimum Gasteiger partial charge on any atom is -0.475 e. The Morgan fingerprint density at radius 1 is 1.21 bits per heavy atom. The van der Waals surface area contributed by atoms with E-state index in [-0.39, 0.29) is 5.91 Å². The van der Waals surface area contributed by atoms with Crippen molar-refractivity contribution in [3.63, 3.8) is 0 Å². The molecule has 0 unspecified atom stereocenters. The summed E-state index contributed by atoms with van der Waals surface area (Å²) >= 11 is 0. The number of piperidine rings is 1. The van der Waals surface area contributed by atoms with Crippen molar-refractivity contribution in [1.29, 1.82) is 0 Å². The Kier molecular flexibility index (Phi) is 3.22. The van der Waals surface area contributed by atoms with Gasteiger partial charge in [-0.2, -0.15) is 0 Å².